The summed E-state index contributed by atoms with van der Waals surface area (Å²) in [4.78, 5) is 12.3. The van der Waals surface area contributed by atoms with Crippen LogP contribution < -0.4 is 4.72 Å². The Bertz CT molecular complexity index is 1360. The van der Waals surface area contributed by atoms with Gasteiger partial charge in [0.05, 0.1) is 10.6 Å². The number of aromatic nitrogens is 2. The van der Waals surface area contributed by atoms with Crippen LogP contribution in [-0.4, -0.2) is 24.6 Å². The van der Waals surface area contributed by atoms with E-state index in [9.17, 15) is 13.2 Å². The van der Waals surface area contributed by atoms with Crippen LogP contribution in [0.5, 0.6) is 0 Å². The lowest BCUT2D eigenvalue weighted by Crippen LogP contribution is -2.24. The van der Waals surface area contributed by atoms with Crippen molar-refractivity contribution in [2.45, 2.75) is 18.0 Å². The summed E-state index contributed by atoms with van der Waals surface area (Å²) in [6, 6.07) is 22.0. The van der Waals surface area contributed by atoms with E-state index in [2.05, 4.69) is 14.9 Å². The Balaban J connectivity index is 1.43. The summed E-state index contributed by atoms with van der Waals surface area (Å²) in [6.07, 6.45) is 0. The summed E-state index contributed by atoms with van der Waals surface area (Å²) in [6.45, 7) is -0.190. The van der Waals surface area contributed by atoms with Crippen LogP contribution in [0, 0.1) is 0 Å². The van der Waals surface area contributed by atoms with Gasteiger partial charge in [-0.1, -0.05) is 60.1 Å². The lowest BCUT2D eigenvalue weighted by atomic mass is 10.2. The number of carbonyl (C=O) groups excluding carboxylic acids is 1. The predicted octanol–water partition coefficient (Wildman–Crippen LogP) is 4.23. The van der Waals surface area contributed by atoms with E-state index in [1.54, 1.807) is 24.3 Å². The SMILES string of the molecule is O=C(OCc1nnc(-c2ccccc2)o1)c1ccc(Cl)c(S(=O)(=O)NCc2ccccc2)c1. The van der Waals surface area contributed by atoms with Gasteiger partial charge in [0.25, 0.3) is 5.89 Å². The number of esters is 1. The number of ether oxygens (including phenoxy) is 1. The minimum atomic E-state index is -3.97. The maximum atomic E-state index is 12.7. The van der Waals surface area contributed by atoms with Crippen molar-refractivity contribution in [1.82, 2.24) is 14.9 Å². The van der Waals surface area contributed by atoms with Crippen LogP contribution in [0.2, 0.25) is 5.02 Å². The average molecular weight is 484 g/mol. The second-order valence-corrected chi connectivity index (χ2v) is 9.04. The van der Waals surface area contributed by atoms with Gasteiger partial charge in [0.2, 0.25) is 15.9 Å². The zero-order valence-corrected chi connectivity index (χ0v) is 18.7. The van der Waals surface area contributed by atoms with Crippen LogP contribution in [0.3, 0.4) is 0 Å². The smallest absolute Gasteiger partial charge is 0.338 e. The van der Waals surface area contributed by atoms with Crippen LogP contribution in [0.25, 0.3) is 11.5 Å². The van der Waals surface area contributed by atoms with Crippen molar-refractivity contribution in [1.29, 1.82) is 0 Å². The molecular formula is C23H18ClN3O5S. The molecular weight excluding hydrogens is 466 g/mol. The molecule has 1 aromatic heterocycles. The van der Waals surface area contributed by atoms with Gasteiger partial charge < -0.3 is 9.15 Å². The summed E-state index contributed by atoms with van der Waals surface area (Å²) < 4.78 is 38.7. The first-order valence-electron chi connectivity index (χ1n) is 9.80. The molecule has 0 saturated heterocycles. The van der Waals surface area contributed by atoms with Crippen molar-refractivity contribution in [3.8, 4) is 11.5 Å². The van der Waals surface area contributed by atoms with Crippen LogP contribution >= 0.6 is 11.6 Å². The summed E-state index contributed by atoms with van der Waals surface area (Å²) in [5.41, 5.74) is 1.53. The van der Waals surface area contributed by atoms with Gasteiger partial charge >= 0.3 is 5.97 Å². The zero-order valence-electron chi connectivity index (χ0n) is 17.1. The highest BCUT2D eigenvalue weighted by molar-refractivity contribution is 7.89. The Labute approximate surface area is 195 Å². The maximum absolute atomic E-state index is 12.7. The van der Waals surface area contributed by atoms with Crippen LogP contribution in [0.1, 0.15) is 21.8 Å². The van der Waals surface area contributed by atoms with Gasteiger partial charge in [0, 0.05) is 12.1 Å². The molecule has 4 rings (SSSR count). The Morgan fingerprint density at radius 2 is 1.67 bits per heavy atom. The minimum Gasteiger partial charge on any atom is -0.452 e. The van der Waals surface area contributed by atoms with Gasteiger partial charge in [-0.2, -0.15) is 0 Å². The molecule has 0 atom stereocenters. The van der Waals surface area contributed by atoms with Crippen LogP contribution in [0.4, 0.5) is 0 Å². The zero-order chi connectivity index (χ0) is 23.3. The standard InChI is InChI=1S/C23H18ClN3O5S/c24-19-12-11-18(13-20(19)33(29,30)25-14-16-7-3-1-4-8-16)23(28)31-15-21-26-27-22(32-21)17-9-5-2-6-10-17/h1-13,25H,14-15H2. The number of nitrogens with one attached hydrogen (secondary N) is 1. The highest BCUT2D eigenvalue weighted by Gasteiger charge is 2.21. The molecule has 33 heavy (non-hydrogen) atoms. The Hall–Kier alpha value is -3.53. The number of sulfonamides is 1. The molecule has 4 aromatic rings. The van der Waals surface area contributed by atoms with Gasteiger partial charge in [-0.25, -0.2) is 17.9 Å². The molecule has 0 spiro atoms. The van der Waals surface area contributed by atoms with Gasteiger partial charge in [-0.3, -0.25) is 0 Å². The monoisotopic (exact) mass is 483 g/mol. The molecule has 1 heterocycles. The third kappa shape index (κ3) is 5.64. The molecule has 1 N–H and O–H groups in total. The molecule has 168 valence electrons. The molecule has 0 aliphatic heterocycles. The quantitative estimate of drug-likeness (QED) is 0.373. The molecule has 8 nitrogen and oxygen atoms in total. The number of rotatable bonds is 8. The topological polar surface area (TPSA) is 111 Å². The lowest BCUT2D eigenvalue weighted by molar-refractivity contribution is 0.0438. The van der Waals surface area contributed by atoms with E-state index < -0.39 is 16.0 Å². The second kappa shape index (κ2) is 9.95. The van der Waals surface area contributed by atoms with Crippen molar-refractivity contribution in [2.24, 2.45) is 0 Å². The molecule has 0 aliphatic rings. The van der Waals surface area contributed by atoms with Gasteiger partial charge in [-0.15, -0.1) is 10.2 Å². The fourth-order valence-corrected chi connectivity index (χ4v) is 4.45. The molecule has 0 amide bonds. The van der Waals surface area contributed by atoms with E-state index in [-0.39, 0.29) is 34.5 Å². The van der Waals surface area contributed by atoms with Crippen molar-refractivity contribution in [3.05, 3.63) is 101 Å². The van der Waals surface area contributed by atoms with E-state index in [1.165, 1.54) is 18.2 Å². The highest BCUT2D eigenvalue weighted by atomic mass is 35.5. The van der Waals surface area contributed by atoms with E-state index in [0.717, 1.165) is 11.1 Å². The van der Waals surface area contributed by atoms with Crippen molar-refractivity contribution in [2.75, 3.05) is 0 Å². The van der Waals surface area contributed by atoms with E-state index in [4.69, 9.17) is 20.8 Å². The maximum Gasteiger partial charge on any atom is 0.338 e. The number of halogens is 1. The Kier molecular flexibility index (Phi) is 6.83. The number of benzene rings is 3. The number of hydrogen-bond acceptors (Lipinski definition) is 7. The van der Waals surface area contributed by atoms with E-state index >= 15 is 0 Å². The molecule has 0 radical (unpaired) electrons. The fraction of sp³-hybridized carbons (Fsp3) is 0.0870. The lowest BCUT2D eigenvalue weighted by Gasteiger charge is -2.10. The summed E-state index contributed by atoms with van der Waals surface area (Å²) >= 11 is 6.10. The average Bonchev–Trinajstić information content (AvgIpc) is 3.32. The first-order valence-corrected chi connectivity index (χ1v) is 11.7. The molecule has 0 fully saturated rings. The normalized spacial score (nSPS) is 11.3. The summed E-state index contributed by atoms with van der Waals surface area (Å²) in [5.74, 6) is -0.356. The number of carbonyl (C=O) groups is 1. The summed E-state index contributed by atoms with van der Waals surface area (Å²) in [5, 5.41) is 7.77. The Morgan fingerprint density at radius 1 is 0.970 bits per heavy atom. The predicted molar refractivity (Wildman–Crippen MR) is 121 cm³/mol. The fourth-order valence-electron chi connectivity index (χ4n) is 2.91. The molecule has 0 aliphatic carbocycles. The number of hydrogen-bond donors (Lipinski definition) is 1. The largest absolute Gasteiger partial charge is 0.452 e. The van der Waals surface area contributed by atoms with Crippen molar-refractivity contribution >= 4 is 27.6 Å². The van der Waals surface area contributed by atoms with E-state index in [1.807, 2.05) is 36.4 Å². The highest BCUT2D eigenvalue weighted by Crippen LogP contribution is 2.24. The molecule has 0 saturated carbocycles. The first kappa shape index (κ1) is 22.7. The van der Waals surface area contributed by atoms with Crippen molar-refractivity contribution < 1.29 is 22.4 Å². The molecule has 3 aromatic carbocycles. The molecule has 0 unspecified atom stereocenters. The number of nitrogens with zero attached hydrogens (tertiary/aromatic N) is 2. The Morgan fingerprint density at radius 3 is 2.39 bits per heavy atom. The molecule has 0 bridgehead atoms. The molecule has 10 heteroatoms. The minimum absolute atomic E-state index is 0.0160. The third-order valence-electron chi connectivity index (χ3n) is 4.58. The summed E-state index contributed by atoms with van der Waals surface area (Å²) in [7, 11) is -3.97. The van der Waals surface area contributed by atoms with Gasteiger partial charge in [0.15, 0.2) is 6.61 Å². The van der Waals surface area contributed by atoms with Crippen LogP contribution in [0.15, 0.2) is 88.2 Å². The van der Waals surface area contributed by atoms with E-state index in [0.29, 0.717) is 5.89 Å². The van der Waals surface area contributed by atoms with Crippen molar-refractivity contribution in [3.63, 3.8) is 0 Å². The first-order chi connectivity index (χ1) is 15.9. The van der Waals surface area contributed by atoms with Gasteiger partial charge in [0.1, 0.15) is 4.90 Å². The second-order valence-electron chi connectivity index (χ2n) is 6.90. The van der Waals surface area contributed by atoms with Gasteiger partial charge in [-0.05, 0) is 35.9 Å². The third-order valence-corrected chi connectivity index (χ3v) is 6.46. The van der Waals surface area contributed by atoms with Crippen LogP contribution in [-0.2, 0) is 27.9 Å².